The van der Waals surface area contributed by atoms with Crippen LogP contribution in [0.15, 0.2) is 36.7 Å². The van der Waals surface area contributed by atoms with Crippen molar-refractivity contribution in [2.75, 3.05) is 18.4 Å². The van der Waals surface area contributed by atoms with Gasteiger partial charge in [0.15, 0.2) is 0 Å². The first kappa shape index (κ1) is 18.8. The average molecular weight is 389 g/mol. The molecule has 1 saturated heterocycles. The van der Waals surface area contributed by atoms with E-state index in [1.165, 1.54) is 11.0 Å². The van der Waals surface area contributed by atoms with Crippen LogP contribution in [0.4, 0.5) is 14.7 Å². The van der Waals surface area contributed by atoms with Crippen molar-refractivity contribution in [2.24, 2.45) is 5.92 Å². The molecule has 2 aromatic rings. The number of carbonyl (C=O) groups is 1. The molecule has 6 nitrogen and oxygen atoms in total. The van der Waals surface area contributed by atoms with Crippen LogP contribution in [-0.2, 0) is 11.2 Å². The van der Waals surface area contributed by atoms with Gasteiger partial charge in [-0.15, -0.1) is 0 Å². The average Bonchev–Trinajstić information content (AvgIpc) is 3.20. The first-order chi connectivity index (χ1) is 13.6. The van der Waals surface area contributed by atoms with Gasteiger partial charge in [0.1, 0.15) is 12.4 Å². The molecule has 1 amide bonds. The van der Waals surface area contributed by atoms with Crippen molar-refractivity contribution in [3.05, 3.63) is 42.2 Å². The lowest BCUT2D eigenvalue weighted by Crippen LogP contribution is -2.48. The van der Waals surface area contributed by atoms with E-state index >= 15 is 0 Å². The number of aromatic nitrogens is 3. The zero-order valence-corrected chi connectivity index (χ0v) is 15.7. The fourth-order valence-corrected chi connectivity index (χ4v) is 4.32. The zero-order valence-electron chi connectivity index (χ0n) is 15.7. The third kappa shape index (κ3) is 4.00. The standard InChI is InChI=1S/C20H25F2N5O/c21-19(22)17-11-16(25-20-23-13-24-27(17)20)15-7-4-10-26(12-15)18(28)9-8-14-5-2-1-3-6-14/h1-3,5-6,13,15-17,19H,4,7-12H2,(H,23,24,25)/t15?,16-,17+/m0/s1. The van der Waals surface area contributed by atoms with Gasteiger partial charge in [-0.2, -0.15) is 10.1 Å². The predicted octanol–water partition coefficient (Wildman–Crippen LogP) is 3.14. The smallest absolute Gasteiger partial charge is 0.260 e. The second-order valence-corrected chi connectivity index (χ2v) is 7.64. The third-order valence-electron chi connectivity index (χ3n) is 5.84. The number of nitrogens with one attached hydrogen (secondary N) is 1. The Morgan fingerprint density at radius 3 is 2.89 bits per heavy atom. The van der Waals surface area contributed by atoms with Crippen molar-refractivity contribution in [1.29, 1.82) is 0 Å². The number of hydrogen-bond donors (Lipinski definition) is 1. The highest BCUT2D eigenvalue weighted by atomic mass is 19.3. The Morgan fingerprint density at radius 2 is 2.11 bits per heavy atom. The number of alkyl halides is 2. The lowest BCUT2D eigenvalue weighted by Gasteiger charge is -2.40. The second-order valence-electron chi connectivity index (χ2n) is 7.64. The van der Waals surface area contributed by atoms with Crippen molar-refractivity contribution in [3.63, 3.8) is 0 Å². The fraction of sp³-hybridized carbons (Fsp3) is 0.550. The number of hydrogen-bond acceptors (Lipinski definition) is 4. The monoisotopic (exact) mass is 389 g/mol. The van der Waals surface area contributed by atoms with Crippen LogP contribution in [0.3, 0.4) is 0 Å². The molecule has 1 unspecified atom stereocenters. The predicted molar refractivity (Wildman–Crippen MR) is 101 cm³/mol. The molecular formula is C20H25F2N5O. The maximum absolute atomic E-state index is 13.5. The molecule has 3 heterocycles. The van der Waals surface area contributed by atoms with Crippen LogP contribution >= 0.6 is 0 Å². The van der Waals surface area contributed by atoms with E-state index in [0.29, 0.717) is 25.3 Å². The minimum Gasteiger partial charge on any atom is -0.351 e. The lowest BCUT2D eigenvalue weighted by atomic mass is 9.86. The molecule has 150 valence electrons. The number of carbonyl (C=O) groups excluding carboxylic acids is 1. The van der Waals surface area contributed by atoms with Gasteiger partial charge in [-0.25, -0.2) is 13.5 Å². The summed E-state index contributed by atoms with van der Waals surface area (Å²) >= 11 is 0. The first-order valence-corrected chi connectivity index (χ1v) is 9.87. The molecular weight excluding hydrogens is 364 g/mol. The molecule has 4 rings (SSSR count). The van der Waals surface area contributed by atoms with Crippen LogP contribution in [0.2, 0.25) is 0 Å². The summed E-state index contributed by atoms with van der Waals surface area (Å²) < 4.78 is 28.3. The number of fused-ring (bicyclic) bond motifs is 1. The van der Waals surface area contributed by atoms with Crippen LogP contribution in [-0.4, -0.2) is 51.1 Å². The lowest BCUT2D eigenvalue weighted by molar-refractivity contribution is -0.133. The van der Waals surface area contributed by atoms with E-state index in [4.69, 9.17) is 0 Å². The number of halogens is 2. The quantitative estimate of drug-likeness (QED) is 0.853. The minimum atomic E-state index is -2.49. The van der Waals surface area contributed by atoms with E-state index in [1.54, 1.807) is 0 Å². The number of likely N-dealkylation sites (tertiary alicyclic amines) is 1. The largest absolute Gasteiger partial charge is 0.351 e. The molecule has 1 N–H and O–H groups in total. The topological polar surface area (TPSA) is 63.1 Å². The zero-order chi connectivity index (χ0) is 19.5. The summed E-state index contributed by atoms with van der Waals surface area (Å²) in [6.45, 7) is 1.35. The summed E-state index contributed by atoms with van der Waals surface area (Å²) in [5.74, 6) is 0.674. The molecule has 1 aromatic heterocycles. The number of aryl methyl sites for hydroxylation is 1. The van der Waals surface area contributed by atoms with Gasteiger partial charge < -0.3 is 10.2 Å². The molecule has 2 aliphatic heterocycles. The maximum Gasteiger partial charge on any atom is 0.260 e. The number of rotatable bonds is 5. The molecule has 2 aliphatic rings. The first-order valence-electron chi connectivity index (χ1n) is 9.87. The van der Waals surface area contributed by atoms with E-state index in [1.807, 2.05) is 35.2 Å². The van der Waals surface area contributed by atoms with Crippen molar-refractivity contribution in [2.45, 2.75) is 50.6 Å². The van der Waals surface area contributed by atoms with Crippen LogP contribution in [0, 0.1) is 5.92 Å². The van der Waals surface area contributed by atoms with Crippen LogP contribution in [0.5, 0.6) is 0 Å². The van der Waals surface area contributed by atoms with Gasteiger partial charge in [-0.1, -0.05) is 30.3 Å². The molecule has 0 bridgehead atoms. The summed E-state index contributed by atoms with van der Waals surface area (Å²) in [6.07, 6.45) is 2.13. The number of anilines is 1. The number of amides is 1. The van der Waals surface area contributed by atoms with E-state index in [2.05, 4.69) is 15.4 Å². The number of nitrogens with zero attached hydrogens (tertiary/aromatic N) is 4. The molecule has 0 spiro atoms. The summed E-state index contributed by atoms with van der Waals surface area (Å²) in [5.41, 5.74) is 1.15. The summed E-state index contributed by atoms with van der Waals surface area (Å²) in [7, 11) is 0. The molecule has 1 fully saturated rings. The summed E-state index contributed by atoms with van der Waals surface area (Å²) in [4.78, 5) is 18.7. The molecule has 1 aromatic carbocycles. The molecule has 3 atom stereocenters. The Bertz CT molecular complexity index is 797. The highest BCUT2D eigenvalue weighted by Gasteiger charge is 2.38. The van der Waals surface area contributed by atoms with E-state index in [-0.39, 0.29) is 17.9 Å². The minimum absolute atomic E-state index is 0.125. The highest BCUT2D eigenvalue weighted by Crippen LogP contribution is 2.35. The highest BCUT2D eigenvalue weighted by molar-refractivity contribution is 5.76. The van der Waals surface area contributed by atoms with Crippen molar-refractivity contribution < 1.29 is 13.6 Å². The Morgan fingerprint density at radius 1 is 1.29 bits per heavy atom. The SMILES string of the molecule is O=C(CCc1ccccc1)N1CCCC([C@@H]2C[C@H](C(F)F)n3ncnc3N2)C1. The van der Waals surface area contributed by atoms with Crippen molar-refractivity contribution in [1.82, 2.24) is 19.7 Å². The van der Waals surface area contributed by atoms with Gasteiger partial charge in [0.05, 0.1) is 0 Å². The number of piperidine rings is 1. The van der Waals surface area contributed by atoms with E-state index in [0.717, 1.165) is 31.4 Å². The van der Waals surface area contributed by atoms with E-state index < -0.39 is 12.5 Å². The molecule has 0 aliphatic carbocycles. The van der Waals surface area contributed by atoms with Gasteiger partial charge in [0.2, 0.25) is 11.9 Å². The van der Waals surface area contributed by atoms with Gasteiger partial charge in [-0.3, -0.25) is 4.79 Å². The number of benzene rings is 1. The normalized spacial score (nSPS) is 24.7. The van der Waals surface area contributed by atoms with Gasteiger partial charge in [-0.05, 0) is 37.2 Å². The van der Waals surface area contributed by atoms with Crippen LogP contribution < -0.4 is 5.32 Å². The summed E-state index contributed by atoms with van der Waals surface area (Å²) in [5, 5.41) is 7.20. The van der Waals surface area contributed by atoms with Crippen LogP contribution in [0.1, 0.15) is 37.3 Å². The second kappa shape index (κ2) is 8.24. The Kier molecular flexibility index (Phi) is 5.54. The molecule has 8 heteroatoms. The maximum atomic E-state index is 13.5. The van der Waals surface area contributed by atoms with E-state index in [9.17, 15) is 13.6 Å². The molecule has 0 radical (unpaired) electrons. The van der Waals surface area contributed by atoms with Gasteiger partial charge in [0.25, 0.3) is 6.43 Å². The Balaban J connectivity index is 1.38. The Hall–Kier alpha value is -2.51. The Labute approximate surface area is 162 Å². The molecule has 28 heavy (non-hydrogen) atoms. The fourth-order valence-electron chi connectivity index (χ4n) is 4.32. The molecule has 0 saturated carbocycles. The van der Waals surface area contributed by atoms with Gasteiger partial charge in [0, 0.05) is 25.6 Å². The van der Waals surface area contributed by atoms with Crippen LogP contribution in [0.25, 0.3) is 0 Å². The van der Waals surface area contributed by atoms with Gasteiger partial charge >= 0.3 is 0 Å². The third-order valence-corrected chi connectivity index (χ3v) is 5.84. The summed E-state index contributed by atoms with van der Waals surface area (Å²) in [6, 6.07) is 8.88. The van der Waals surface area contributed by atoms with Crippen molar-refractivity contribution in [3.8, 4) is 0 Å². The van der Waals surface area contributed by atoms with Crippen molar-refractivity contribution >= 4 is 11.9 Å².